The van der Waals surface area contributed by atoms with E-state index < -0.39 is 5.91 Å². The first-order valence-corrected chi connectivity index (χ1v) is 9.57. The highest BCUT2D eigenvalue weighted by molar-refractivity contribution is 7.16. The fourth-order valence-electron chi connectivity index (χ4n) is 3.46. The minimum absolute atomic E-state index is 0.00927. The third-order valence-corrected chi connectivity index (χ3v) is 6.00. The van der Waals surface area contributed by atoms with Crippen molar-refractivity contribution >= 4 is 39.2 Å². The number of nitrogens with zero attached hydrogens (tertiary/aromatic N) is 2. The number of nitrogens with one attached hydrogen (secondary N) is 2. The normalized spacial score (nSPS) is 13.6. The lowest BCUT2D eigenvalue weighted by molar-refractivity contribution is -0.112. The number of para-hydroxylation sites is 1. The van der Waals surface area contributed by atoms with Crippen LogP contribution < -0.4 is 5.32 Å². The van der Waals surface area contributed by atoms with Gasteiger partial charge in [-0.2, -0.15) is 10.5 Å². The summed E-state index contributed by atoms with van der Waals surface area (Å²) in [6, 6.07) is 11.9. The molecule has 0 spiro atoms. The number of carbonyl (C=O) groups is 1. The largest absolute Gasteiger partial charge is 0.361 e. The van der Waals surface area contributed by atoms with Crippen molar-refractivity contribution in [3.63, 3.8) is 0 Å². The van der Waals surface area contributed by atoms with Gasteiger partial charge >= 0.3 is 0 Å². The Labute approximate surface area is 160 Å². The lowest BCUT2D eigenvalue weighted by atomic mass is 9.96. The molecular formula is C21H16N4OS. The van der Waals surface area contributed by atoms with Crippen molar-refractivity contribution in [2.75, 3.05) is 5.32 Å². The Balaban J connectivity index is 1.65. The van der Waals surface area contributed by atoms with Crippen LogP contribution >= 0.6 is 11.3 Å². The highest BCUT2D eigenvalue weighted by Gasteiger charge is 2.22. The van der Waals surface area contributed by atoms with Gasteiger partial charge < -0.3 is 10.3 Å². The minimum atomic E-state index is -0.488. The van der Waals surface area contributed by atoms with E-state index in [1.165, 1.54) is 16.2 Å². The van der Waals surface area contributed by atoms with Crippen molar-refractivity contribution in [3.8, 4) is 12.1 Å². The van der Waals surface area contributed by atoms with E-state index in [2.05, 4.69) is 16.4 Å². The molecule has 0 saturated carbocycles. The molecule has 1 aliphatic rings. The maximum Gasteiger partial charge on any atom is 0.266 e. The molecular weight excluding hydrogens is 356 g/mol. The first-order chi connectivity index (χ1) is 13.2. The van der Waals surface area contributed by atoms with Gasteiger partial charge in [-0.05, 0) is 43.4 Å². The molecule has 1 aromatic carbocycles. The third-order valence-electron chi connectivity index (χ3n) is 4.80. The number of hydrogen-bond acceptors (Lipinski definition) is 4. The molecule has 2 heterocycles. The molecule has 6 heteroatoms. The van der Waals surface area contributed by atoms with Gasteiger partial charge in [-0.3, -0.25) is 4.79 Å². The number of fused-ring (bicyclic) bond motifs is 2. The van der Waals surface area contributed by atoms with Crippen LogP contribution in [0.2, 0.25) is 0 Å². The van der Waals surface area contributed by atoms with Gasteiger partial charge in [0.05, 0.1) is 5.56 Å². The highest BCUT2D eigenvalue weighted by Crippen LogP contribution is 2.37. The van der Waals surface area contributed by atoms with Crippen LogP contribution in [0.1, 0.15) is 34.4 Å². The summed E-state index contributed by atoms with van der Waals surface area (Å²) in [6.45, 7) is 0. The Hall–Kier alpha value is -3.35. The SMILES string of the molecule is N#C/C(=C\c1c[nH]c2ccccc12)C(=O)Nc1sc2c(c1C#N)CCCC2. The number of rotatable bonds is 3. The molecule has 4 rings (SSSR count). The van der Waals surface area contributed by atoms with Gasteiger partial charge in [-0.25, -0.2) is 0 Å². The van der Waals surface area contributed by atoms with Gasteiger partial charge in [-0.15, -0.1) is 11.3 Å². The zero-order valence-electron chi connectivity index (χ0n) is 14.5. The van der Waals surface area contributed by atoms with E-state index in [1.54, 1.807) is 12.3 Å². The number of amides is 1. The second-order valence-corrected chi connectivity index (χ2v) is 7.55. The van der Waals surface area contributed by atoms with Crippen LogP contribution in [-0.2, 0) is 17.6 Å². The van der Waals surface area contributed by atoms with Crippen molar-refractivity contribution in [1.29, 1.82) is 10.5 Å². The van der Waals surface area contributed by atoms with E-state index >= 15 is 0 Å². The van der Waals surface area contributed by atoms with Gasteiger partial charge in [-0.1, -0.05) is 18.2 Å². The molecule has 2 aromatic heterocycles. The number of aromatic nitrogens is 1. The van der Waals surface area contributed by atoms with Gasteiger partial charge in [0.2, 0.25) is 0 Å². The maximum absolute atomic E-state index is 12.7. The Morgan fingerprint density at radius 3 is 2.85 bits per heavy atom. The predicted octanol–water partition coefficient (Wildman–Crippen LogP) is 4.53. The van der Waals surface area contributed by atoms with E-state index in [4.69, 9.17) is 0 Å². The predicted molar refractivity (Wildman–Crippen MR) is 106 cm³/mol. The summed E-state index contributed by atoms with van der Waals surface area (Å²) in [7, 11) is 0. The van der Waals surface area contributed by atoms with E-state index in [0.717, 1.165) is 47.7 Å². The number of H-pyrrole nitrogens is 1. The van der Waals surface area contributed by atoms with Crippen LogP contribution in [-0.4, -0.2) is 10.9 Å². The number of hydrogen-bond donors (Lipinski definition) is 2. The first-order valence-electron chi connectivity index (χ1n) is 8.75. The number of thiophene rings is 1. The average Bonchev–Trinajstić information content (AvgIpc) is 3.26. The van der Waals surface area contributed by atoms with E-state index in [0.29, 0.717) is 10.6 Å². The van der Waals surface area contributed by atoms with Crippen molar-refractivity contribution in [2.24, 2.45) is 0 Å². The highest BCUT2D eigenvalue weighted by atomic mass is 32.1. The topological polar surface area (TPSA) is 92.5 Å². The van der Waals surface area contributed by atoms with Crippen molar-refractivity contribution in [1.82, 2.24) is 4.98 Å². The van der Waals surface area contributed by atoms with Gasteiger partial charge in [0.1, 0.15) is 22.7 Å². The number of aromatic amines is 1. The fourth-order valence-corrected chi connectivity index (χ4v) is 4.69. The zero-order chi connectivity index (χ0) is 18.8. The summed E-state index contributed by atoms with van der Waals surface area (Å²) in [5.41, 5.74) is 3.34. The Kier molecular flexibility index (Phi) is 4.50. The molecule has 0 bridgehead atoms. The second kappa shape index (κ2) is 7.11. The van der Waals surface area contributed by atoms with Gasteiger partial charge in [0.15, 0.2) is 0 Å². The minimum Gasteiger partial charge on any atom is -0.361 e. The molecule has 0 atom stereocenters. The molecule has 27 heavy (non-hydrogen) atoms. The number of aryl methyl sites for hydroxylation is 1. The molecule has 0 fully saturated rings. The standard InChI is InChI=1S/C21H16N4OS/c22-10-13(9-14-12-24-18-7-3-1-5-15(14)18)20(26)25-21-17(11-23)16-6-2-4-8-19(16)27-21/h1,3,5,7,9,12,24H,2,4,6,8H2,(H,25,26)/b13-9+. The zero-order valence-corrected chi connectivity index (χ0v) is 15.3. The number of carbonyl (C=O) groups excluding carboxylic acids is 1. The smallest absolute Gasteiger partial charge is 0.266 e. The van der Waals surface area contributed by atoms with E-state index in [9.17, 15) is 15.3 Å². The molecule has 1 amide bonds. The van der Waals surface area contributed by atoms with E-state index in [1.807, 2.05) is 30.3 Å². The fraction of sp³-hybridized carbons (Fsp3) is 0.190. The van der Waals surface area contributed by atoms with Crippen LogP contribution in [0.25, 0.3) is 17.0 Å². The summed E-state index contributed by atoms with van der Waals surface area (Å²) in [5.74, 6) is -0.488. The van der Waals surface area contributed by atoms with Crippen molar-refractivity contribution < 1.29 is 4.79 Å². The molecule has 0 radical (unpaired) electrons. The second-order valence-electron chi connectivity index (χ2n) is 6.44. The number of anilines is 1. The Bertz CT molecular complexity index is 1150. The van der Waals surface area contributed by atoms with E-state index in [-0.39, 0.29) is 5.57 Å². The summed E-state index contributed by atoms with van der Waals surface area (Å²) >= 11 is 1.46. The molecule has 0 saturated heterocycles. The number of benzene rings is 1. The van der Waals surface area contributed by atoms with Crippen LogP contribution in [0, 0.1) is 22.7 Å². The summed E-state index contributed by atoms with van der Waals surface area (Å²) < 4.78 is 0. The summed E-state index contributed by atoms with van der Waals surface area (Å²) in [4.78, 5) is 17.0. The van der Waals surface area contributed by atoms with Crippen LogP contribution in [0.3, 0.4) is 0 Å². The third kappa shape index (κ3) is 3.12. The van der Waals surface area contributed by atoms with Crippen molar-refractivity contribution in [3.05, 3.63) is 57.6 Å². The van der Waals surface area contributed by atoms with Gasteiger partial charge in [0.25, 0.3) is 5.91 Å². The Morgan fingerprint density at radius 1 is 1.22 bits per heavy atom. The van der Waals surface area contributed by atoms with Gasteiger partial charge in [0, 0.05) is 27.5 Å². The molecule has 0 aliphatic heterocycles. The van der Waals surface area contributed by atoms with Crippen LogP contribution in [0.15, 0.2) is 36.0 Å². The molecule has 3 aromatic rings. The maximum atomic E-state index is 12.7. The molecule has 0 unspecified atom stereocenters. The quantitative estimate of drug-likeness (QED) is 0.523. The lowest BCUT2D eigenvalue weighted by Gasteiger charge is -2.09. The first kappa shape index (κ1) is 17.1. The summed E-state index contributed by atoms with van der Waals surface area (Å²) in [6.07, 6.45) is 7.35. The molecule has 5 nitrogen and oxygen atoms in total. The molecule has 2 N–H and O–H groups in total. The lowest BCUT2D eigenvalue weighted by Crippen LogP contribution is -2.13. The monoisotopic (exact) mass is 372 g/mol. The van der Waals surface area contributed by atoms with Crippen molar-refractivity contribution in [2.45, 2.75) is 25.7 Å². The van der Waals surface area contributed by atoms with Crippen LogP contribution in [0.5, 0.6) is 0 Å². The summed E-state index contributed by atoms with van der Waals surface area (Å²) in [5, 5.41) is 23.3. The average molecular weight is 372 g/mol. The molecule has 132 valence electrons. The number of nitriles is 2. The Morgan fingerprint density at radius 2 is 2.04 bits per heavy atom. The molecule has 1 aliphatic carbocycles. The van der Waals surface area contributed by atoms with Crippen LogP contribution in [0.4, 0.5) is 5.00 Å².